The number of aliphatic hydroxyl groups excluding tert-OH is 2. The molecule has 3 aromatic carbocycles. The van der Waals surface area contributed by atoms with Crippen LogP contribution in [-0.4, -0.2) is 16.3 Å². The van der Waals surface area contributed by atoms with Crippen molar-refractivity contribution in [3.63, 3.8) is 0 Å². The number of rotatable bonds is 0. The Morgan fingerprint density at radius 1 is 0.818 bits per heavy atom. The molecule has 1 aliphatic carbocycles. The molecule has 2 nitrogen and oxygen atoms in total. The van der Waals surface area contributed by atoms with Gasteiger partial charge in [-0.1, -0.05) is 48.6 Å². The second-order valence-electron chi connectivity index (χ2n) is 6.08. The Morgan fingerprint density at radius 2 is 1.50 bits per heavy atom. The van der Waals surface area contributed by atoms with Crippen LogP contribution in [0.4, 0.5) is 0 Å². The number of fused-ring (bicyclic) bond motifs is 4. The van der Waals surface area contributed by atoms with Crippen LogP contribution >= 0.6 is 0 Å². The topological polar surface area (TPSA) is 40.5 Å². The minimum atomic E-state index is -0.872. The minimum absolute atomic E-state index is 0.843. The van der Waals surface area contributed by atoms with E-state index in [0.29, 0.717) is 0 Å². The smallest absolute Gasteiger partial charge is 0.110 e. The molecule has 22 heavy (non-hydrogen) atoms. The van der Waals surface area contributed by atoms with Crippen LogP contribution in [0.25, 0.3) is 27.6 Å². The van der Waals surface area contributed by atoms with Crippen molar-refractivity contribution in [3.05, 3.63) is 64.7 Å². The third-order valence-corrected chi connectivity index (χ3v) is 4.89. The van der Waals surface area contributed by atoms with E-state index in [9.17, 15) is 10.2 Å². The second-order valence-corrected chi connectivity index (χ2v) is 6.08. The summed E-state index contributed by atoms with van der Waals surface area (Å²) in [6, 6.07) is 12.5. The first kappa shape index (κ1) is 13.5. The van der Waals surface area contributed by atoms with Crippen molar-refractivity contribution in [1.82, 2.24) is 0 Å². The fraction of sp³-hybridized carbons (Fsp3) is 0.200. The zero-order valence-electron chi connectivity index (χ0n) is 12.7. The van der Waals surface area contributed by atoms with E-state index in [0.717, 1.165) is 27.5 Å². The molecule has 0 heterocycles. The molecule has 0 aliphatic heterocycles. The first-order chi connectivity index (χ1) is 10.6. The van der Waals surface area contributed by atoms with Crippen LogP contribution in [-0.2, 0) is 0 Å². The van der Waals surface area contributed by atoms with Gasteiger partial charge in [-0.25, -0.2) is 0 Å². The quantitative estimate of drug-likeness (QED) is 0.614. The normalized spacial score (nSPS) is 20.5. The molecule has 0 saturated carbocycles. The van der Waals surface area contributed by atoms with Crippen LogP contribution in [0.5, 0.6) is 0 Å². The largest absolute Gasteiger partial charge is 0.386 e. The van der Waals surface area contributed by atoms with Crippen molar-refractivity contribution in [2.75, 3.05) is 0 Å². The molecule has 0 bridgehead atoms. The molecule has 0 spiro atoms. The van der Waals surface area contributed by atoms with E-state index >= 15 is 0 Å². The van der Waals surface area contributed by atoms with Gasteiger partial charge < -0.3 is 10.2 Å². The van der Waals surface area contributed by atoms with Gasteiger partial charge in [0.05, 0.1) is 0 Å². The van der Waals surface area contributed by atoms with Gasteiger partial charge in [0.15, 0.2) is 0 Å². The van der Waals surface area contributed by atoms with Crippen molar-refractivity contribution in [3.8, 4) is 0 Å². The summed E-state index contributed by atoms with van der Waals surface area (Å²) in [5.74, 6) is 0. The van der Waals surface area contributed by atoms with Gasteiger partial charge in [0.25, 0.3) is 0 Å². The molecule has 3 aromatic rings. The first-order valence-electron chi connectivity index (χ1n) is 7.58. The molecular formula is C20H18O2. The summed E-state index contributed by atoms with van der Waals surface area (Å²) in [7, 11) is 0. The van der Waals surface area contributed by atoms with Gasteiger partial charge >= 0.3 is 0 Å². The predicted octanol–water partition coefficient (Wildman–Crippen LogP) is 4.03. The molecule has 4 rings (SSSR count). The van der Waals surface area contributed by atoms with E-state index in [4.69, 9.17) is 0 Å². The molecule has 0 saturated heterocycles. The van der Waals surface area contributed by atoms with Crippen molar-refractivity contribution in [2.45, 2.75) is 26.1 Å². The van der Waals surface area contributed by atoms with Crippen molar-refractivity contribution >= 4 is 27.6 Å². The lowest BCUT2D eigenvalue weighted by Crippen LogP contribution is -2.20. The summed E-state index contributed by atoms with van der Waals surface area (Å²) in [5, 5.41) is 25.2. The Hall–Kier alpha value is -2.16. The number of hydrogen-bond donors (Lipinski definition) is 2. The molecule has 0 amide bonds. The Bertz CT molecular complexity index is 937. The lowest BCUT2D eigenvalue weighted by Gasteiger charge is -2.25. The van der Waals surface area contributed by atoms with E-state index in [2.05, 4.69) is 38.1 Å². The average molecular weight is 290 g/mol. The summed E-state index contributed by atoms with van der Waals surface area (Å²) in [4.78, 5) is 0. The molecule has 1 aliphatic rings. The third-order valence-electron chi connectivity index (χ3n) is 4.89. The fourth-order valence-corrected chi connectivity index (χ4v) is 3.71. The average Bonchev–Trinajstić information content (AvgIpc) is 2.55. The minimum Gasteiger partial charge on any atom is -0.386 e. The molecular weight excluding hydrogens is 272 g/mol. The molecule has 0 unspecified atom stereocenters. The van der Waals surface area contributed by atoms with E-state index in [-0.39, 0.29) is 0 Å². The van der Waals surface area contributed by atoms with Crippen LogP contribution in [0.2, 0.25) is 0 Å². The zero-order chi connectivity index (χ0) is 15.4. The van der Waals surface area contributed by atoms with Gasteiger partial charge in [-0.05, 0) is 57.6 Å². The lowest BCUT2D eigenvalue weighted by atomic mass is 9.83. The molecule has 2 heteroatoms. The summed E-state index contributed by atoms with van der Waals surface area (Å²) >= 11 is 0. The summed E-state index contributed by atoms with van der Waals surface area (Å²) < 4.78 is 0. The summed E-state index contributed by atoms with van der Waals surface area (Å²) in [6.07, 6.45) is 1.84. The van der Waals surface area contributed by atoms with Gasteiger partial charge in [0.1, 0.15) is 12.2 Å². The van der Waals surface area contributed by atoms with Crippen molar-refractivity contribution < 1.29 is 10.2 Å². The molecule has 0 radical (unpaired) electrons. The Balaban J connectivity index is 2.25. The van der Waals surface area contributed by atoms with Gasteiger partial charge in [-0.2, -0.15) is 0 Å². The Kier molecular flexibility index (Phi) is 2.86. The van der Waals surface area contributed by atoms with Crippen LogP contribution < -0.4 is 0 Å². The maximum atomic E-state index is 10.5. The van der Waals surface area contributed by atoms with Crippen LogP contribution in [0, 0.1) is 13.8 Å². The highest BCUT2D eigenvalue weighted by Gasteiger charge is 2.26. The van der Waals surface area contributed by atoms with E-state index in [1.54, 1.807) is 6.08 Å². The predicted molar refractivity (Wildman–Crippen MR) is 90.9 cm³/mol. The number of hydrogen-bond acceptors (Lipinski definition) is 2. The first-order valence-corrected chi connectivity index (χ1v) is 7.58. The fourth-order valence-electron chi connectivity index (χ4n) is 3.71. The van der Waals surface area contributed by atoms with Crippen molar-refractivity contribution in [1.29, 1.82) is 0 Å². The maximum absolute atomic E-state index is 10.5. The zero-order valence-corrected chi connectivity index (χ0v) is 12.7. The van der Waals surface area contributed by atoms with E-state index < -0.39 is 12.2 Å². The van der Waals surface area contributed by atoms with Gasteiger partial charge in [0, 0.05) is 0 Å². The van der Waals surface area contributed by atoms with Crippen LogP contribution in [0.3, 0.4) is 0 Å². The number of aryl methyl sites for hydroxylation is 2. The molecule has 2 atom stereocenters. The molecule has 2 N–H and O–H groups in total. The molecule has 0 aromatic heterocycles. The summed E-state index contributed by atoms with van der Waals surface area (Å²) in [6.45, 7) is 4.22. The third kappa shape index (κ3) is 1.68. The van der Waals surface area contributed by atoms with Crippen LogP contribution in [0.15, 0.2) is 42.5 Å². The molecule has 0 fully saturated rings. The Labute approximate surface area is 129 Å². The second kappa shape index (κ2) is 4.67. The SMILES string of the molecule is Cc1c2ccccc2c(C)c2c3c(ccc12)C=C[C@@H](O)[C@@H]3O. The highest BCUT2D eigenvalue weighted by atomic mass is 16.3. The standard InChI is InChI=1S/C20H18O2/c1-11-14-5-3-4-6-15(14)12(2)18-16(11)9-7-13-8-10-17(21)20(22)19(13)18/h3-10,17,20-22H,1-2H3/t17-,20+/m1/s1. The number of aliphatic hydroxyl groups is 2. The van der Waals surface area contributed by atoms with E-state index in [1.807, 2.05) is 18.2 Å². The lowest BCUT2D eigenvalue weighted by molar-refractivity contribution is 0.0480. The van der Waals surface area contributed by atoms with Crippen molar-refractivity contribution in [2.24, 2.45) is 0 Å². The Morgan fingerprint density at radius 3 is 2.23 bits per heavy atom. The number of benzene rings is 3. The maximum Gasteiger partial charge on any atom is 0.110 e. The highest BCUT2D eigenvalue weighted by molar-refractivity contribution is 6.07. The van der Waals surface area contributed by atoms with Gasteiger partial charge in [-0.3, -0.25) is 0 Å². The molecule has 110 valence electrons. The van der Waals surface area contributed by atoms with Gasteiger partial charge in [-0.15, -0.1) is 0 Å². The van der Waals surface area contributed by atoms with Crippen LogP contribution in [0.1, 0.15) is 28.4 Å². The van der Waals surface area contributed by atoms with Gasteiger partial charge in [0.2, 0.25) is 0 Å². The van der Waals surface area contributed by atoms with E-state index in [1.165, 1.54) is 16.3 Å². The monoisotopic (exact) mass is 290 g/mol. The summed E-state index contributed by atoms with van der Waals surface area (Å²) in [5.41, 5.74) is 4.21. The highest BCUT2D eigenvalue weighted by Crippen LogP contribution is 2.40.